The van der Waals surface area contributed by atoms with E-state index in [1.807, 2.05) is 26.8 Å². The van der Waals surface area contributed by atoms with E-state index in [0.29, 0.717) is 28.9 Å². The Labute approximate surface area is 155 Å². The normalized spacial score (nSPS) is 15.7. The Kier molecular flexibility index (Phi) is 3.91. The molecule has 0 fully saturated rings. The summed E-state index contributed by atoms with van der Waals surface area (Å²) >= 11 is 0. The van der Waals surface area contributed by atoms with E-state index in [1.54, 1.807) is 18.2 Å². The summed E-state index contributed by atoms with van der Waals surface area (Å²) in [5, 5.41) is 13.2. The van der Waals surface area contributed by atoms with E-state index < -0.39 is 11.9 Å². The van der Waals surface area contributed by atoms with Gasteiger partial charge in [0.2, 0.25) is 5.76 Å². The molecule has 138 valence electrons. The van der Waals surface area contributed by atoms with E-state index in [9.17, 15) is 14.7 Å². The maximum Gasteiger partial charge on any atom is 0.288 e. The number of rotatable bonds is 3. The quantitative estimate of drug-likeness (QED) is 0.743. The van der Waals surface area contributed by atoms with Gasteiger partial charge < -0.3 is 19.6 Å². The molecule has 3 aromatic rings. The summed E-state index contributed by atoms with van der Waals surface area (Å²) in [4.78, 5) is 25.7. The van der Waals surface area contributed by atoms with E-state index in [2.05, 4.69) is 5.32 Å². The minimum atomic E-state index is -0.659. The molecular weight excluding hydrogens is 346 g/mol. The van der Waals surface area contributed by atoms with Crippen molar-refractivity contribution in [3.63, 3.8) is 0 Å². The lowest BCUT2D eigenvalue weighted by Crippen LogP contribution is -2.22. The summed E-state index contributed by atoms with van der Waals surface area (Å²) in [6.45, 7) is 5.96. The van der Waals surface area contributed by atoms with Gasteiger partial charge in [-0.3, -0.25) is 9.59 Å². The lowest BCUT2D eigenvalue weighted by Gasteiger charge is -2.14. The van der Waals surface area contributed by atoms with E-state index in [1.165, 1.54) is 6.07 Å². The number of nitrogens with one attached hydrogen (secondary N) is 1. The van der Waals surface area contributed by atoms with Gasteiger partial charge >= 0.3 is 0 Å². The Morgan fingerprint density at radius 2 is 1.96 bits per heavy atom. The highest BCUT2D eigenvalue weighted by Crippen LogP contribution is 2.35. The molecule has 0 aliphatic carbocycles. The molecule has 1 aliphatic rings. The van der Waals surface area contributed by atoms with Gasteiger partial charge in [-0.05, 0) is 55.7 Å². The van der Waals surface area contributed by atoms with Gasteiger partial charge in [0.15, 0.2) is 16.9 Å². The maximum absolute atomic E-state index is 13.2. The number of phenolic OH excluding ortho intramolecular Hbond substituents is 1. The van der Waals surface area contributed by atoms with Gasteiger partial charge in [0.25, 0.3) is 5.91 Å². The van der Waals surface area contributed by atoms with Gasteiger partial charge in [-0.25, -0.2) is 0 Å². The number of hydrogen-bond donors (Lipinski definition) is 2. The second-order valence-corrected chi connectivity index (χ2v) is 6.70. The fourth-order valence-electron chi connectivity index (χ4n) is 3.59. The number of phenols is 1. The van der Waals surface area contributed by atoms with Crippen molar-refractivity contribution in [3.8, 4) is 11.5 Å². The third-order valence-electron chi connectivity index (χ3n) is 4.74. The van der Waals surface area contributed by atoms with Crippen LogP contribution in [0.15, 0.2) is 39.5 Å². The smallest absolute Gasteiger partial charge is 0.288 e. The largest absolute Gasteiger partial charge is 0.504 e. The monoisotopic (exact) mass is 365 g/mol. The first-order valence-electron chi connectivity index (χ1n) is 8.75. The predicted octanol–water partition coefficient (Wildman–Crippen LogP) is 3.35. The number of aryl methyl sites for hydroxylation is 2. The Hall–Kier alpha value is -3.28. The molecule has 1 aliphatic heterocycles. The molecule has 1 unspecified atom stereocenters. The van der Waals surface area contributed by atoms with Crippen LogP contribution in [0.5, 0.6) is 11.5 Å². The first-order valence-corrected chi connectivity index (χ1v) is 8.75. The van der Waals surface area contributed by atoms with Crippen molar-refractivity contribution in [2.75, 3.05) is 6.61 Å². The number of fused-ring (bicyclic) bond motifs is 2. The topological polar surface area (TPSA) is 88.8 Å². The summed E-state index contributed by atoms with van der Waals surface area (Å²) in [5.74, 6) is -0.0907. The maximum atomic E-state index is 13.2. The van der Waals surface area contributed by atoms with Crippen molar-refractivity contribution in [2.45, 2.75) is 26.8 Å². The summed E-state index contributed by atoms with van der Waals surface area (Å²) in [6, 6.07) is 7.80. The van der Waals surface area contributed by atoms with E-state index in [-0.39, 0.29) is 22.5 Å². The lowest BCUT2D eigenvalue weighted by molar-refractivity contribution is 0.0938. The molecule has 0 bridgehead atoms. The number of aromatic hydroxyl groups is 1. The minimum absolute atomic E-state index is 0.00180. The van der Waals surface area contributed by atoms with Crippen LogP contribution in [0.1, 0.15) is 45.8 Å². The molecule has 1 aromatic heterocycles. The molecular formula is C21H19NO5. The first kappa shape index (κ1) is 17.1. The van der Waals surface area contributed by atoms with E-state index >= 15 is 0 Å². The minimum Gasteiger partial charge on any atom is -0.504 e. The average molecular weight is 365 g/mol. The molecule has 2 heterocycles. The van der Waals surface area contributed by atoms with Crippen molar-refractivity contribution in [3.05, 3.63) is 68.6 Å². The highest BCUT2D eigenvalue weighted by Gasteiger charge is 2.36. The molecule has 1 amide bonds. The summed E-state index contributed by atoms with van der Waals surface area (Å²) in [6.07, 6.45) is 0. The first-order chi connectivity index (χ1) is 12.9. The number of carbonyl (C=O) groups excluding carboxylic acids is 1. The second-order valence-electron chi connectivity index (χ2n) is 6.70. The molecule has 2 N–H and O–H groups in total. The fraction of sp³-hybridized carbons (Fsp3) is 0.238. The zero-order valence-electron chi connectivity index (χ0n) is 15.3. The van der Waals surface area contributed by atoms with Crippen molar-refractivity contribution < 1.29 is 19.1 Å². The zero-order valence-corrected chi connectivity index (χ0v) is 15.3. The number of carbonyl (C=O) groups is 1. The van der Waals surface area contributed by atoms with Crippen LogP contribution in [0.25, 0.3) is 11.0 Å². The summed E-state index contributed by atoms with van der Waals surface area (Å²) in [7, 11) is 0. The zero-order chi connectivity index (χ0) is 19.3. The van der Waals surface area contributed by atoms with Crippen LogP contribution >= 0.6 is 0 Å². The van der Waals surface area contributed by atoms with Crippen LogP contribution in [0, 0.1) is 13.8 Å². The Morgan fingerprint density at radius 3 is 2.70 bits per heavy atom. The van der Waals surface area contributed by atoms with Crippen LogP contribution in [0.4, 0.5) is 0 Å². The lowest BCUT2D eigenvalue weighted by atomic mass is 9.98. The van der Waals surface area contributed by atoms with Gasteiger partial charge in [-0.15, -0.1) is 0 Å². The number of benzene rings is 2. The number of hydrogen-bond acceptors (Lipinski definition) is 5. The number of ether oxygens (including phenoxy) is 1. The van der Waals surface area contributed by atoms with E-state index in [0.717, 1.165) is 11.1 Å². The van der Waals surface area contributed by atoms with Crippen molar-refractivity contribution in [1.29, 1.82) is 0 Å². The third kappa shape index (κ3) is 2.65. The van der Waals surface area contributed by atoms with Crippen molar-refractivity contribution in [1.82, 2.24) is 5.32 Å². The molecule has 6 nitrogen and oxygen atoms in total. The highest BCUT2D eigenvalue weighted by molar-refractivity contribution is 5.99. The van der Waals surface area contributed by atoms with Gasteiger partial charge in [0.1, 0.15) is 5.58 Å². The Balaban J connectivity index is 1.95. The Morgan fingerprint density at radius 1 is 1.19 bits per heavy atom. The molecule has 0 saturated heterocycles. The molecule has 0 spiro atoms. The molecule has 2 aromatic carbocycles. The predicted molar refractivity (Wildman–Crippen MR) is 101 cm³/mol. The molecule has 27 heavy (non-hydrogen) atoms. The second kappa shape index (κ2) is 6.16. The summed E-state index contributed by atoms with van der Waals surface area (Å²) in [5.41, 5.74) is 2.88. The van der Waals surface area contributed by atoms with Crippen LogP contribution in [-0.4, -0.2) is 17.6 Å². The third-order valence-corrected chi connectivity index (χ3v) is 4.74. The average Bonchev–Trinajstić information content (AvgIpc) is 2.95. The van der Waals surface area contributed by atoms with Gasteiger partial charge in [-0.2, -0.15) is 0 Å². The van der Waals surface area contributed by atoms with Gasteiger partial charge in [0, 0.05) is 0 Å². The Bertz CT molecular complexity index is 1150. The molecule has 0 saturated carbocycles. The number of amides is 1. The standard InChI is InChI=1S/C21H19NO5/c1-4-26-15-9-12(5-6-14(15)23)17-16-18(24)13-8-10(2)7-11(3)19(13)27-20(16)21(25)22-17/h5-9,17,23H,4H2,1-3H3,(H,22,25). The molecule has 0 radical (unpaired) electrons. The van der Waals surface area contributed by atoms with Crippen LogP contribution in [0.2, 0.25) is 0 Å². The fourth-order valence-corrected chi connectivity index (χ4v) is 3.59. The van der Waals surface area contributed by atoms with Gasteiger partial charge in [-0.1, -0.05) is 12.1 Å². The van der Waals surface area contributed by atoms with E-state index in [4.69, 9.17) is 9.15 Å². The molecule has 4 rings (SSSR count). The van der Waals surface area contributed by atoms with Crippen molar-refractivity contribution in [2.24, 2.45) is 0 Å². The highest BCUT2D eigenvalue weighted by atomic mass is 16.5. The van der Waals surface area contributed by atoms with Crippen molar-refractivity contribution >= 4 is 16.9 Å². The molecule has 6 heteroatoms. The SMILES string of the molecule is CCOc1cc(C2NC(=O)c3oc4c(C)cc(C)cc4c(=O)c32)ccc1O. The van der Waals surface area contributed by atoms with Crippen LogP contribution in [0.3, 0.4) is 0 Å². The van der Waals surface area contributed by atoms with Crippen LogP contribution in [-0.2, 0) is 0 Å². The summed E-state index contributed by atoms with van der Waals surface area (Å²) < 4.78 is 11.3. The van der Waals surface area contributed by atoms with Crippen LogP contribution < -0.4 is 15.5 Å². The van der Waals surface area contributed by atoms with Gasteiger partial charge in [0.05, 0.1) is 23.6 Å². The molecule has 1 atom stereocenters.